The van der Waals surface area contributed by atoms with E-state index in [0.717, 1.165) is 4.88 Å². The summed E-state index contributed by atoms with van der Waals surface area (Å²) in [6.07, 6.45) is 0.964. The highest BCUT2D eigenvalue weighted by Gasteiger charge is 2.46. The van der Waals surface area contributed by atoms with Crippen LogP contribution in [-0.4, -0.2) is 44.4 Å². The lowest BCUT2D eigenvalue weighted by Gasteiger charge is -2.35. The van der Waals surface area contributed by atoms with E-state index in [0.29, 0.717) is 13.0 Å². The number of amides is 1. The Morgan fingerprint density at radius 2 is 2.32 bits per heavy atom. The SMILES string of the molecule is CC(C)(C)OC(=O)N1[C@@H](C[C@H](O)c2ccns2)COC1(C)C. The summed E-state index contributed by atoms with van der Waals surface area (Å²) in [6.45, 7) is 9.52. The summed E-state index contributed by atoms with van der Waals surface area (Å²) in [6, 6.07) is 1.55. The van der Waals surface area contributed by atoms with Gasteiger partial charge < -0.3 is 14.6 Å². The molecule has 1 aromatic heterocycles. The molecule has 2 atom stereocenters. The fourth-order valence-corrected chi connectivity index (χ4v) is 3.09. The van der Waals surface area contributed by atoms with Crippen molar-refractivity contribution in [3.63, 3.8) is 0 Å². The molecule has 0 aromatic carbocycles. The Balaban J connectivity index is 2.11. The maximum atomic E-state index is 12.5. The molecular formula is C15H24N2O4S. The minimum atomic E-state index is -0.750. The van der Waals surface area contributed by atoms with Crippen LogP contribution in [0.3, 0.4) is 0 Å². The maximum absolute atomic E-state index is 12.5. The van der Waals surface area contributed by atoms with E-state index in [1.54, 1.807) is 17.2 Å². The second-order valence-corrected chi connectivity index (χ2v) is 7.79. The van der Waals surface area contributed by atoms with Crippen LogP contribution in [0.5, 0.6) is 0 Å². The summed E-state index contributed by atoms with van der Waals surface area (Å²) in [7, 11) is 0. The number of ether oxygens (including phenoxy) is 2. The van der Waals surface area contributed by atoms with Gasteiger partial charge in [-0.2, -0.15) is 0 Å². The molecular weight excluding hydrogens is 304 g/mol. The minimum absolute atomic E-state index is 0.234. The minimum Gasteiger partial charge on any atom is -0.444 e. The molecule has 0 unspecified atom stereocenters. The maximum Gasteiger partial charge on any atom is 0.412 e. The molecule has 124 valence electrons. The monoisotopic (exact) mass is 328 g/mol. The lowest BCUT2D eigenvalue weighted by Crippen LogP contribution is -2.50. The van der Waals surface area contributed by atoms with Crippen LogP contribution in [0.25, 0.3) is 0 Å². The third kappa shape index (κ3) is 3.97. The Hall–Kier alpha value is -1.18. The van der Waals surface area contributed by atoms with Crippen LogP contribution in [0.2, 0.25) is 0 Å². The van der Waals surface area contributed by atoms with Gasteiger partial charge in [-0.1, -0.05) is 0 Å². The van der Waals surface area contributed by atoms with E-state index >= 15 is 0 Å². The molecule has 7 heteroatoms. The topological polar surface area (TPSA) is 71.9 Å². The number of aromatic nitrogens is 1. The predicted octanol–water partition coefficient (Wildman–Crippen LogP) is 2.94. The third-order valence-electron chi connectivity index (χ3n) is 3.45. The molecule has 0 spiro atoms. The van der Waals surface area contributed by atoms with E-state index in [1.807, 2.05) is 34.6 Å². The van der Waals surface area contributed by atoms with Gasteiger partial charge in [0, 0.05) is 12.6 Å². The molecule has 1 saturated heterocycles. The van der Waals surface area contributed by atoms with Crippen LogP contribution in [0.1, 0.15) is 52.0 Å². The molecule has 0 radical (unpaired) electrons. The molecule has 0 aliphatic carbocycles. The molecule has 1 aliphatic rings. The Morgan fingerprint density at radius 1 is 1.64 bits per heavy atom. The van der Waals surface area contributed by atoms with Gasteiger partial charge >= 0.3 is 6.09 Å². The van der Waals surface area contributed by atoms with Crippen molar-refractivity contribution in [3.8, 4) is 0 Å². The van der Waals surface area contributed by atoms with Gasteiger partial charge in [0.2, 0.25) is 0 Å². The first-order valence-corrected chi connectivity index (χ1v) is 8.12. The van der Waals surface area contributed by atoms with Crippen molar-refractivity contribution in [2.24, 2.45) is 0 Å². The zero-order valence-corrected chi connectivity index (χ0v) is 14.5. The number of carbonyl (C=O) groups excluding carboxylic acids is 1. The number of hydrogen-bond donors (Lipinski definition) is 1. The third-order valence-corrected chi connectivity index (χ3v) is 4.29. The van der Waals surface area contributed by atoms with Crippen LogP contribution >= 0.6 is 11.5 Å². The van der Waals surface area contributed by atoms with Gasteiger partial charge in [0.1, 0.15) is 11.3 Å². The first-order chi connectivity index (χ1) is 10.1. The van der Waals surface area contributed by atoms with Gasteiger partial charge in [0.25, 0.3) is 0 Å². The van der Waals surface area contributed by atoms with E-state index in [9.17, 15) is 9.90 Å². The second kappa shape index (κ2) is 6.14. The van der Waals surface area contributed by atoms with Crippen molar-refractivity contribution < 1.29 is 19.4 Å². The summed E-state index contributed by atoms with van der Waals surface area (Å²) >= 11 is 1.26. The molecule has 1 N–H and O–H groups in total. The van der Waals surface area contributed by atoms with Gasteiger partial charge in [-0.15, -0.1) is 0 Å². The van der Waals surface area contributed by atoms with Crippen LogP contribution in [0.15, 0.2) is 12.3 Å². The Kier molecular flexibility index (Phi) is 4.79. The van der Waals surface area contributed by atoms with Crippen molar-refractivity contribution >= 4 is 17.6 Å². The number of nitrogens with zero attached hydrogens (tertiary/aromatic N) is 2. The Bertz CT molecular complexity index is 510. The van der Waals surface area contributed by atoms with Gasteiger partial charge in [0.15, 0.2) is 0 Å². The average Bonchev–Trinajstić information content (AvgIpc) is 2.94. The van der Waals surface area contributed by atoms with Gasteiger partial charge in [-0.3, -0.25) is 4.90 Å². The van der Waals surface area contributed by atoms with Crippen LogP contribution in [0, 0.1) is 0 Å². The van der Waals surface area contributed by atoms with E-state index in [4.69, 9.17) is 9.47 Å². The van der Waals surface area contributed by atoms with Crippen molar-refractivity contribution in [3.05, 3.63) is 17.1 Å². The highest BCUT2D eigenvalue weighted by atomic mass is 32.1. The molecule has 0 saturated carbocycles. The zero-order chi connectivity index (χ0) is 16.5. The standard InChI is InChI=1S/C15H24N2O4S/c1-14(2,3)21-13(19)17-10(9-20-15(17,4)5)8-11(18)12-6-7-16-22-12/h6-7,10-11,18H,8-9H2,1-5H3/t10-,11-/m0/s1. The average molecular weight is 328 g/mol. The largest absolute Gasteiger partial charge is 0.444 e. The highest BCUT2D eigenvalue weighted by molar-refractivity contribution is 7.05. The van der Waals surface area contributed by atoms with Crippen molar-refractivity contribution in [1.82, 2.24) is 9.27 Å². The van der Waals surface area contributed by atoms with Gasteiger partial charge in [0.05, 0.1) is 23.6 Å². The molecule has 1 amide bonds. The van der Waals surface area contributed by atoms with Gasteiger partial charge in [-0.05, 0) is 52.2 Å². The molecule has 6 nitrogen and oxygen atoms in total. The lowest BCUT2D eigenvalue weighted by atomic mass is 10.1. The van der Waals surface area contributed by atoms with Crippen molar-refractivity contribution in [2.45, 2.75) is 64.5 Å². The molecule has 1 aromatic rings. The highest BCUT2D eigenvalue weighted by Crippen LogP contribution is 2.34. The number of rotatable bonds is 3. The Labute approximate surface area is 135 Å². The normalized spacial score (nSPS) is 22.6. The number of aliphatic hydroxyl groups is 1. The first-order valence-electron chi connectivity index (χ1n) is 7.35. The fourth-order valence-electron chi connectivity index (χ4n) is 2.51. The number of carbonyl (C=O) groups is 1. The van der Waals surface area contributed by atoms with E-state index in [1.165, 1.54) is 11.5 Å². The fraction of sp³-hybridized carbons (Fsp3) is 0.733. The van der Waals surface area contributed by atoms with Crippen LogP contribution in [0.4, 0.5) is 4.79 Å². The summed E-state index contributed by atoms with van der Waals surface area (Å²) < 4.78 is 15.2. The molecule has 1 fully saturated rings. The molecule has 0 bridgehead atoms. The summed E-state index contributed by atoms with van der Waals surface area (Å²) in [5, 5.41) is 10.3. The summed E-state index contributed by atoms with van der Waals surface area (Å²) in [4.78, 5) is 14.9. The second-order valence-electron chi connectivity index (χ2n) is 6.93. The van der Waals surface area contributed by atoms with Crippen LogP contribution < -0.4 is 0 Å². The molecule has 22 heavy (non-hydrogen) atoms. The van der Waals surface area contributed by atoms with Crippen LogP contribution in [-0.2, 0) is 9.47 Å². The Morgan fingerprint density at radius 3 is 2.86 bits per heavy atom. The smallest absolute Gasteiger partial charge is 0.412 e. The predicted molar refractivity (Wildman–Crippen MR) is 83.6 cm³/mol. The number of aliphatic hydroxyl groups excluding tert-OH is 1. The number of hydrogen-bond acceptors (Lipinski definition) is 6. The van der Waals surface area contributed by atoms with Crippen molar-refractivity contribution in [1.29, 1.82) is 0 Å². The van der Waals surface area contributed by atoms with Crippen molar-refractivity contribution in [2.75, 3.05) is 6.61 Å². The lowest BCUT2D eigenvalue weighted by molar-refractivity contribution is -0.0637. The summed E-state index contributed by atoms with van der Waals surface area (Å²) in [5.41, 5.74) is -1.32. The summed E-state index contributed by atoms with van der Waals surface area (Å²) in [5.74, 6) is 0. The quantitative estimate of drug-likeness (QED) is 0.923. The van der Waals surface area contributed by atoms with Gasteiger partial charge in [-0.25, -0.2) is 9.17 Å². The van der Waals surface area contributed by atoms with E-state index < -0.39 is 23.5 Å². The molecule has 2 heterocycles. The zero-order valence-electron chi connectivity index (χ0n) is 13.7. The molecule has 1 aliphatic heterocycles. The van der Waals surface area contributed by atoms with E-state index in [-0.39, 0.29) is 6.04 Å². The molecule has 2 rings (SSSR count). The van der Waals surface area contributed by atoms with E-state index in [2.05, 4.69) is 4.37 Å². The first kappa shape index (κ1) is 17.2.